The molecule has 0 aromatic carbocycles. The van der Waals surface area contributed by atoms with Gasteiger partial charge in [-0.05, 0) is 31.2 Å². The number of hydrogen-bond acceptors (Lipinski definition) is 4. The van der Waals surface area contributed by atoms with Crippen molar-refractivity contribution in [2.24, 2.45) is 0 Å². The molecule has 124 valence electrons. The molecule has 2 rings (SSSR count). The summed E-state index contributed by atoms with van der Waals surface area (Å²) in [6.45, 7) is 2.14. The summed E-state index contributed by atoms with van der Waals surface area (Å²) in [6.07, 6.45) is 6.79. The molecule has 0 aliphatic heterocycles. The first-order valence-corrected chi connectivity index (χ1v) is 10.4. The quantitative estimate of drug-likeness (QED) is 0.829. The van der Waals surface area contributed by atoms with Crippen LogP contribution in [0.25, 0.3) is 0 Å². The highest BCUT2D eigenvalue weighted by Crippen LogP contribution is 2.41. The van der Waals surface area contributed by atoms with E-state index in [9.17, 15) is 13.2 Å². The van der Waals surface area contributed by atoms with Crippen molar-refractivity contribution < 1.29 is 13.2 Å². The number of carbonyl (C=O) groups is 1. The molecule has 1 aromatic rings. The fourth-order valence-electron chi connectivity index (χ4n) is 3.10. The van der Waals surface area contributed by atoms with Gasteiger partial charge in [-0.15, -0.1) is 11.3 Å². The van der Waals surface area contributed by atoms with Gasteiger partial charge in [-0.2, -0.15) is 0 Å². The van der Waals surface area contributed by atoms with Crippen molar-refractivity contribution in [1.29, 1.82) is 0 Å². The van der Waals surface area contributed by atoms with Gasteiger partial charge in [-0.25, -0.2) is 13.1 Å². The van der Waals surface area contributed by atoms with Gasteiger partial charge >= 0.3 is 0 Å². The van der Waals surface area contributed by atoms with Gasteiger partial charge in [0.1, 0.15) is 0 Å². The van der Waals surface area contributed by atoms with Crippen molar-refractivity contribution in [3.63, 3.8) is 0 Å². The zero-order valence-corrected chi connectivity index (χ0v) is 14.7. The molecule has 5 nitrogen and oxygen atoms in total. The average Bonchev–Trinajstić information content (AvgIpc) is 2.98. The van der Waals surface area contributed by atoms with E-state index >= 15 is 0 Å². The number of amides is 1. The van der Waals surface area contributed by atoms with E-state index < -0.39 is 16.1 Å². The van der Waals surface area contributed by atoms with Crippen molar-refractivity contribution in [1.82, 2.24) is 10.0 Å². The molecule has 0 bridgehead atoms. The molecule has 0 radical (unpaired) electrons. The highest BCUT2D eigenvalue weighted by atomic mass is 32.2. The third-order valence-corrected chi connectivity index (χ3v) is 6.14. The van der Waals surface area contributed by atoms with Gasteiger partial charge in [-0.3, -0.25) is 4.79 Å². The maximum Gasteiger partial charge on any atom is 0.237 e. The summed E-state index contributed by atoms with van der Waals surface area (Å²) in [5, 5.41) is 5.02. The normalized spacial score (nSPS) is 19.5. The summed E-state index contributed by atoms with van der Waals surface area (Å²) >= 11 is 1.74. The van der Waals surface area contributed by atoms with Gasteiger partial charge in [-0.1, -0.05) is 25.3 Å². The SMILES string of the molecule is CC(NS(C)(=O)=O)C(=O)NCC1(c2cccs2)CCCCC1. The summed E-state index contributed by atoms with van der Waals surface area (Å²) in [6, 6.07) is 3.44. The van der Waals surface area contributed by atoms with Crippen molar-refractivity contribution in [3.05, 3.63) is 22.4 Å². The van der Waals surface area contributed by atoms with Crippen LogP contribution >= 0.6 is 11.3 Å². The van der Waals surface area contributed by atoms with E-state index in [4.69, 9.17) is 0 Å². The van der Waals surface area contributed by atoms with E-state index in [2.05, 4.69) is 21.5 Å². The van der Waals surface area contributed by atoms with E-state index in [1.54, 1.807) is 18.3 Å². The highest BCUT2D eigenvalue weighted by molar-refractivity contribution is 7.88. The third kappa shape index (κ3) is 4.54. The summed E-state index contributed by atoms with van der Waals surface area (Å²) in [4.78, 5) is 13.5. The van der Waals surface area contributed by atoms with Crippen LogP contribution in [0.1, 0.15) is 43.9 Å². The maximum atomic E-state index is 12.1. The minimum Gasteiger partial charge on any atom is -0.354 e. The van der Waals surface area contributed by atoms with Crippen molar-refractivity contribution in [3.8, 4) is 0 Å². The van der Waals surface area contributed by atoms with Gasteiger partial charge in [0, 0.05) is 16.8 Å². The topological polar surface area (TPSA) is 75.3 Å². The van der Waals surface area contributed by atoms with E-state index in [0.717, 1.165) is 19.1 Å². The summed E-state index contributed by atoms with van der Waals surface area (Å²) in [7, 11) is -3.38. The largest absolute Gasteiger partial charge is 0.354 e. The summed E-state index contributed by atoms with van der Waals surface area (Å²) < 4.78 is 24.7. The molecule has 1 heterocycles. The highest BCUT2D eigenvalue weighted by Gasteiger charge is 2.35. The molecule has 1 fully saturated rings. The third-order valence-electron chi connectivity index (χ3n) is 4.24. The van der Waals surface area contributed by atoms with Crippen LogP contribution in [0.15, 0.2) is 17.5 Å². The minimum absolute atomic E-state index is 0.00683. The maximum absolute atomic E-state index is 12.1. The lowest BCUT2D eigenvalue weighted by atomic mass is 9.73. The Morgan fingerprint density at radius 1 is 1.36 bits per heavy atom. The second-order valence-electron chi connectivity index (χ2n) is 6.15. The molecular weight excluding hydrogens is 320 g/mol. The second-order valence-corrected chi connectivity index (χ2v) is 8.88. The lowest BCUT2D eigenvalue weighted by Crippen LogP contribution is -2.49. The predicted octanol–water partition coefficient (Wildman–Crippen LogP) is 2.00. The molecule has 22 heavy (non-hydrogen) atoms. The summed E-state index contributed by atoms with van der Waals surface area (Å²) in [5.74, 6) is -0.271. The van der Waals surface area contributed by atoms with Crippen molar-refractivity contribution >= 4 is 27.3 Å². The molecular formula is C15H24N2O3S2. The zero-order valence-electron chi connectivity index (χ0n) is 13.1. The van der Waals surface area contributed by atoms with Crippen LogP contribution in [-0.4, -0.2) is 33.2 Å². The Bertz CT molecular complexity index is 590. The average molecular weight is 345 g/mol. The summed E-state index contributed by atoms with van der Waals surface area (Å²) in [5.41, 5.74) is 0.00683. The molecule has 1 unspecified atom stereocenters. The molecule has 1 aliphatic rings. The number of thiophene rings is 1. The Hall–Kier alpha value is -0.920. The molecule has 1 aliphatic carbocycles. The van der Waals surface area contributed by atoms with Crippen molar-refractivity contribution in [2.75, 3.05) is 12.8 Å². The van der Waals surface area contributed by atoms with Crippen LogP contribution in [0.5, 0.6) is 0 Å². The van der Waals surface area contributed by atoms with Crippen LogP contribution in [-0.2, 0) is 20.2 Å². The molecule has 0 spiro atoms. The van der Waals surface area contributed by atoms with Crippen LogP contribution in [0.3, 0.4) is 0 Å². The number of carbonyl (C=O) groups excluding carboxylic acids is 1. The Kier molecular flexibility index (Phi) is 5.63. The van der Waals surface area contributed by atoms with Gasteiger partial charge in [0.25, 0.3) is 0 Å². The fourth-order valence-corrected chi connectivity index (χ4v) is 4.84. The first-order chi connectivity index (χ1) is 10.3. The van der Waals surface area contributed by atoms with Gasteiger partial charge in [0.15, 0.2) is 0 Å². The van der Waals surface area contributed by atoms with Crippen molar-refractivity contribution in [2.45, 2.75) is 50.5 Å². The van der Waals surface area contributed by atoms with E-state index in [-0.39, 0.29) is 11.3 Å². The van der Waals surface area contributed by atoms with Crippen LogP contribution in [0.4, 0.5) is 0 Å². The smallest absolute Gasteiger partial charge is 0.237 e. The lowest BCUT2D eigenvalue weighted by molar-refractivity contribution is -0.122. The zero-order chi connectivity index (χ0) is 16.2. The van der Waals surface area contributed by atoms with Crippen LogP contribution in [0, 0.1) is 0 Å². The lowest BCUT2D eigenvalue weighted by Gasteiger charge is -2.37. The molecule has 1 aromatic heterocycles. The Balaban J connectivity index is 2.02. The Morgan fingerprint density at radius 2 is 2.05 bits per heavy atom. The van der Waals surface area contributed by atoms with Crippen LogP contribution < -0.4 is 10.0 Å². The second kappa shape index (κ2) is 7.10. The predicted molar refractivity (Wildman–Crippen MR) is 89.5 cm³/mol. The number of sulfonamides is 1. The van der Waals surface area contributed by atoms with E-state index in [0.29, 0.717) is 6.54 Å². The fraction of sp³-hybridized carbons (Fsp3) is 0.667. The van der Waals surface area contributed by atoms with Gasteiger partial charge in [0.05, 0.1) is 12.3 Å². The Labute approximate surface area is 136 Å². The molecule has 7 heteroatoms. The number of nitrogens with one attached hydrogen (secondary N) is 2. The molecule has 1 atom stereocenters. The minimum atomic E-state index is -3.38. The standard InChI is InChI=1S/C15H24N2O3S2/c1-12(17-22(2,19)20)14(18)16-11-15(8-4-3-5-9-15)13-7-6-10-21-13/h6-7,10,12,17H,3-5,8-9,11H2,1-2H3,(H,16,18). The number of rotatable bonds is 6. The van der Waals surface area contributed by atoms with E-state index in [1.807, 2.05) is 6.07 Å². The first kappa shape index (κ1) is 17.4. The van der Waals surface area contributed by atoms with Gasteiger partial charge < -0.3 is 5.32 Å². The van der Waals surface area contributed by atoms with Crippen LogP contribution in [0.2, 0.25) is 0 Å². The van der Waals surface area contributed by atoms with Gasteiger partial charge in [0.2, 0.25) is 15.9 Å². The number of hydrogen-bond donors (Lipinski definition) is 2. The Morgan fingerprint density at radius 3 is 2.59 bits per heavy atom. The first-order valence-electron chi connectivity index (χ1n) is 7.61. The molecule has 0 saturated heterocycles. The van der Waals surface area contributed by atoms with E-state index in [1.165, 1.54) is 24.1 Å². The molecule has 2 N–H and O–H groups in total. The molecule has 1 amide bonds. The molecule has 1 saturated carbocycles. The monoisotopic (exact) mass is 344 g/mol.